The van der Waals surface area contributed by atoms with Crippen molar-refractivity contribution in [3.05, 3.63) is 42.7 Å². The van der Waals surface area contributed by atoms with Gasteiger partial charge >= 0.3 is 0 Å². The number of unbranched alkanes of at least 4 members (excludes halogenated alkanes) is 17. The molecule has 0 unspecified atom stereocenters. The molecule has 1 aromatic carbocycles. The van der Waals surface area contributed by atoms with E-state index < -0.39 is 0 Å². The summed E-state index contributed by atoms with van der Waals surface area (Å²) < 4.78 is 10.8. The molecular weight excluding hydrogens is 440 g/mol. The van der Waals surface area contributed by atoms with Crippen molar-refractivity contribution < 1.29 is 9.30 Å². The van der Waals surface area contributed by atoms with Crippen LogP contribution in [0, 0.1) is 0 Å². The summed E-state index contributed by atoms with van der Waals surface area (Å²) in [5, 5.41) is 0. The molecule has 0 bridgehead atoms. The Labute approximate surface area is 223 Å². The number of benzene rings is 1. The van der Waals surface area contributed by atoms with E-state index in [4.69, 9.17) is 4.74 Å². The summed E-state index contributed by atoms with van der Waals surface area (Å²) in [5.41, 5.74) is 1.28. The molecule has 36 heavy (non-hydrogen) atoms. The third kappa shape index (κ3) is 13.6. The van der Waals surface area contributed by atoms with Crippen molar-refractivity contribution in [2.75, 3.05) is 6.61 Å². The van der Waals surface area contributed by atoms with Gasteiger partial charge in [0, 0.05) is 0 Å². The predicted octanol–water partition coefficient (Wildman–Crippen LogP) is 9.87. The van der Waals surface area contributed by atoms with Crippen LogP contribution in [-0.4, -0.2) is 11.2 Å². The minimum absolute atomic E-state index is 0.645. The van der Waals surface area contributed by atoms with Gasteiger partial charge in [-0.1, -0.05) is 135 Å². The zero-order valence-electron chi connectivity index (χ0n) is 23.9. The molecule has 3 nitrogen and oxygen atoms in total. The molecule has 2 rings (SSSR count). The van der Waals surface area contributed by atoms with E-state index in [1.165, 1.54) is 133 Å². The van der Waals surface area contributed by atoms with Crippen LogP contribution >= 0.6 is 0 Å². The van der Waals surface area contributed by atoms with Crippen LogP contribution in [0.3, 0.4) is 0 Å². The van der Waals surface area contributed by atoms with Gasteiger partial charge in [-0.3, -0.25) is 0 Å². The van der Waals surface area contributed by atoms with Gasteiger partial charge in [0.25, 0.3) is 5.82 Å². The fraction of sp³-hybridized carbons (Fsp3) is 0.727. The molecule has 0 N–H and O–H groups in total. The van der Waals surface area contributed by atoms with E-state index in [1.807, 2.05) is 0 Å². The monoisotopic (exact) mass is 497 g/mol. The molecule has 2 aromatic rings. The molecule has 0 aliphatic rings. The average molecular weight is 498 g/mol. The lowest BCUT2D eigenvalue weighted by molar-refractivity contribution is -0.722. The van der Waals surface area contributed by atoms with E-state index >= 15 is 0 Å². The van der Waals surface area contributed by atoms with Crippen molar-refractivity contribution in [1.82, 2.24) is 4.57 Å². The Kier molecular flexibility index (Phi) is 18.3. The fourth-order valence-electron chi connectivity index (χ4n) is 5.12. The van der Waals surface area contributed by atoms with Crippen LogP contribution in [0.1, 0.15) is 136 Å². The molecule has 0 amide bonds. The SMILES string of the molecule is CCCCCCCCCCCCn1cc[n+](COCCCCCCCCCCC)c1-c1ccccc1. The molecule has 0 atom stereocenters. The second-order valence-corrected chi connectivity index (χ2v) is 10.7. The maximum atomic E-state index is 6.11. The first-order valence-electron chi connectivity index (χ1n) is 15.6. The highest BCUT2D eigenvalue weighted by atomic mass is 16.5. The Morgan fingerprint density at radius 3 is 1.67 bits per heavy atom. The van der Waals surface area contributed by atoms with Gasteiger partial charge in [0.15, 0.2) is 6.73 Å². The standard InChI is InChI=1S/C33H57N2O/c1-3-5-7-9-11-13-14-16-18-23-27-34-28-29-35(33(34)32-25-21-20-22-26-32)31-36-30-24-19-17-15-12-10-8-6-4-2/h20-22,25-26,28-29H,3-19,23-24,27,30-31H2,1-2H3/q+1. The Morgan fingerprint density at radius 1 is 0.611 bits per heavy atom. The quantitative estimate of drug-likeness (QED) is 0.104. The summed E-state index contributed by atoms with van der Waals surface area (Å²) in [7, 11) is 0. The van der Waals surface area contributed by atoms with Crippen molar-refractivity contribution >= 4 is 0 Å². The van der Waals surface area contributed by atoms with Gasteiger partial charge in [-0.2, -0.15) is 0 Å². The van der Waals surface area contributed by atoms with Crippen molar-refractivity contribution in [3.63, 3.8) is 0 Å². The molecule has 1 aromatic heterocycles. The van der Waals surface area contributed by atoms with Crippen LogP contribution in [0.25, 0.3) is 11.4 Å². The molecule has 0 fully saturated rings. The number of aromatic nitrogens is 2. The molecule has 0 spiro atoms. The smallest absolute Gasteiger partial charge is 0.290 e. The van der Waals surface area contributed by atoms with Crippen LogP contribution in [0.5, 0.6) is 0 Å². The number of imidazole rings is 1. The Hall–Kier alpha value is -1.61. The molecule has 0 radical (unpaired) electrons. The van der Waals surface area contributed by atoms with Crippen molar-refractivity contribution in [1.29, 1.82) is 0 Å². The highest BCUT2D eigenvalue weighted by molar-refractivity contribution is 5.52. The molecule has 0 aliphatic carbocycles. The highest BCUT2D eigenvalue weighted by Crippen LogP contribution is 2.18. The Bertz CT molecular complexity index is 739. The molecule has 0 saturated carbocycles. The maximum Gasteiger partial charge on any atom is 0.290 e. The number of hydrogen-bond acceptors (Lipinski definition) is 1. The lowest BCUT2D eigenvalue weighted by Gasteiger charge is -2.07. The highest BCUT2D eigenvalue weighted by Gasteiger charge is 2.19. The summed E-state index contributed by atoms with van der Waals surface area (Å²) in [6, 6.07) is 10.8. The zero-order valence-corrected chi connectivity index (χ0v) is 23.9. The average Bonchev–Trinajstić information content (AvgIpc) is 3.31. The van der Waals surface area contributed by atoms with E-state index in [0.717, 1.165) is 13.2 Å². The van der Waals surface area contributed by atoms with E-state index in [1.54, 1.807) is 0 Å². The van der Waals surface area contributed by atoms with Gasteiger partial charge in [0.2, 0.25) is 0 Å². The van der Waals surface area contributed by atoms with Crippen molar-refractivity contribution in [3.8, 4) is 11.4 Å². The molecule has 204 valence electrons. The molecular formula is C33H57N2O+. The van der Waals surface area contributed by atoms with Crippen molar-refractivity contribution in [2.45, 2.75) is 149 Å². The molecule has 1 heterocycles. The fourth-order valence-corrected chi connectivity index (χ4v) is 5.12. The minimum atomic E-state index is 0.645. The lowest BCUT2D eigenvalue weighted by atomic mass is 10.1. The van der Waals surface area contributed by atoms with Gasteiger partial charge < -0.3 is 4.74 Å². The van der Waals surface area contributed by atoms with E-state index in [-0.39, 0.29) is 0 Å². The number of nitrogens with zero attached hydrogens (tertiary/aromatic N) is 2. The maximum absolute atomic E-state index is 6.11. The molecule has 0 saturated heterocycles. The van der Waals surface area contributed by atoms with Gasteiger partial charge in [-0.05, 0) is 31.4 Å². The first-order chi connectivity index (χ1) is 17.9. The number of rotatable bonds is 24. The number of hydrogen-bond donors (Lipinski definition) is 0. The van der Waals surface area contributed by atoms with Crippen LogP contribution in [0.15, 0.2) is 42.7 Å². The summed E-state index contributed by atoms with van der Waals surface area (Å²) in [4.78, 5) is 0. The van der Waals surface area contributed by atoms with Crippen LogP contribution in [-0.2, 0) is 18.0 Å². The van der Waals surface area contributed by atoms with Gasteiger partial charge in [-0.25, -0.2) is 9.13 Å². The first kappa shape index (κ1) is 30.6. The van der Waals surface area contributed by atoms with Gasteiger partial charge in [-0.15, -0.1) is 0 Å². The predicted molar refractivity (Wildman–Crippen MR) is 155 cm³/mol. The zero-order chi connectivity index (χ0) is 25.5. The summed E-state index contributed by atoms with van der Waals surface area (Å²) >= 11 is 0. The van der Waals surface area contributed by atoms with Crippen LogP contribution in [0.4, 0.5) is 0 Å². The third-order valence-corrected chi connectivity index (χ3v) is 7.38. The first-order valence-corrected chi connectivity index (χ1v) is 15.6. The van der Waals surface area contributed by atoms with Crippen molar-refractivity contribution in [2.24, 2.45) is 0 Å². The van der Waals surface area contributed by atoms with Crippen LogP contribution < -0.4 is 4.57 Å². The second-order valence-electron chi connectivity index (χ2n) is 10.7. The van der Waals surface area contributed by atoms with Crippen LogP contribution in [0.2, 0.25) is 0 Å². The molecule has 0 aliphatic heterocycles. The van der Waals surface area contributed by atoms with E-state index in [0.29, 0.717) is 6.73 Å². The second kappa shape index (κ2) is 21.5. The topological polar surface area (TPSA) is 18.0 Å². The Morgan fingerprint density at radius 2 is 1.11 bits per heavy atom. The van der Waals surface area contributed by atoms with Gasteiger partial charge in [0.1, 0.15) is 12.4 Å². The number of ether oxygens (including phenoxy) is 1. The Balaban J connectivity index is 1.67. The summed E-state index contributed by atoms with van der Waals surface area (Å²) in [5.74, 6) is 1.28. The van der Waals surface area contributed by atoms with Gasteiger partial charge in [0.05, 0.1) is 18.7 Å². The minimum Gasteiger partial charge on any atom is -0.342 e. The van der Waals surface area contributed by atoms with E-state index in [2.05, 4.69) is 65.7 Å². The summed E-state index contributed by atoms with van der Waals surface area (Å²) in [6.45, 7) is 7.18. The van der Waals surface area contributed by atoms with E-state index in [9.17, 15) is 0 Å². The third-order valence-electron chi connectivity index (χ3n) is 7.38. The molecule has 3 heteroatoms. The lowest BCUT2D eigenvalue weighted by Crippen LogP contribution is -2.36. The number of aryl methyl sites for hydroxylation is 1. The largest absolute Gasteiger partial charge is 0.342 e. The summed E-state index contributed by atoms with van der Waals surface area (Å²) in [6.07, 6.45) is 30.4. The normalized spacial score (nSPS) is 11.4.